The van der Waals surface area contributed by atoms with Crippen molar-refractivity contribution in [2.24, 2.45) is 0 Å². The Labute approximate surface area is 134 Å². The topological polar surface area (TPSA) is 84.0 Å². The minimum absolute atomic E-state index is 0.0809. The Bertz CT molecular complexity index is 759. The molecule has 0 unspecified atom stereocenters. The third-order valence-corrected chi connectivity index (χ3v) is 3.62. The van der Waals surface area contributed by atoms with Crippen molar-refractivity contribution in [1.82, 2.24) is 20.2 Å². The van der Waals surface area contributed by atoms with Crippen LogP contribution < -0.4 is 4.90 Å². The Hall–Kier alpha value is -2.65. The molecule has 1 aliphatic rings. The maximum absolute atomic E-state index is 12.9. The fraction of sp³-hybridized carbons (Fsp3) is 0.429. The summed E-state index contributed by atoms with van der Waals surface area (Å²) in [6.45, 7) is 2.41. The highest BCUT2D eigenvalue weighted by molar-refractivity contribution is 5.94. The van der Waals surface area contributed by atoms with Gasteiger partial charge < -0.3 is 9.64 Å². The van der Waals surface area contributed by atoms with E-state index in [1.54, 1.807) is 18.0 Å². The lowest BCUT2D eigenvalue weighted by Crippen LogP contribution is -2.33. The molecule has 0 saturated carbocycles. The average molecular weight is 341 g/mol. The first-order valence-electron chi connectivity index (χ1n) is 7.27. The number of fused-ring (bicyclic) bond motifs is 1. The van der Waals surface area contributed by atoms with E-state index < -0.39 is 18.0 Å². The smallest absolute Gasteiger partial charge is 0.451 e. The first-order valence-corrected chi connectivity index (χ1v) is 7.27. The van der Waals surface area contributed by atoms with E-state index in [0.717, 1.165) is 17.5 Å². The molecular weight excluding hydrogens is 327 g/mol. The van der Waals surface area contributed by atoms with Gasteiger partial charge in [0.15, 0.2) is 0 Å². The predicted molar refractivity (Wildman–Crippen MR) is 76.3 cm³/mol. The molecule has 10 heteroatoms. The standard InChI is InChI=1S/C14H14F3N5O2/c1-2-24-12(23)9-6-18-13(14(15,16)17)20-11(9)22-4-3-10-8(7-22)5-19-21-10/h5-6H,2-4,7H2,1H3,(H,19,21). The van der Waals surface area contributed by atoms with Crippen LogP contribution in [0.2, 0.25) is 0 Å². The Morgan fingerprint density at radius 1 is 1.42 bits per heavy atom. The van der Waals surface area contributed by atoms with E-state index in [-0.39, 0.29) is 18.0 Å². The second kappa shape index (κ2) is 6.10. The number of aromatic nitrogens is 4. The molecule has 128 valence electrons. The maximum Gasteiger partial charge on any atom is 0.451 e. The molecule has 2 aromatic heterocycles. The van der Waals surface area contributed by atoms with Gasteiger partial charge in [0.25, 0.3) is 0 Å². The van der Waals surface area contributed by atoms with E-state index in [1.807, 2.05) is 0 Å². The molecule has 0 radical (unpaired) electrons. The van der Waals surface area contributed by atoms with Crippen LogP contribution in [0.5, 0.6) is 0 Å². The summed E-state index contributed by atoms with van der Waals surface area (Å²) in [4.78, 5) is 20.5. The van der Waals surface area contributed by atoms with E-state index >= 15 is 0 Å². The fourth-order valence-electron chi connectivity index (χ4n) is 2.51. The van der Waals surface area contributed by atoms with Gasteiger partial charge >= 0.3 is 12.1 Å². The second-order valence-electron chi connectivity index (χ2n) is 5.19. The van der Waals surface area contributed by atoms with E-state index in [9.17, 15) is 18.0 Å². The summed E-state index contributed by atoms with van der Waals surface area (Å²) in [5.41, 5.74) is 1.69. The minimum atomic E-state index is -4.70. The number of carbonyl (C=O) groups is 1. The number of ether oxygens (including phenoxy) is 1. The number of esters is 1. The summed E-state index contributed by atoms with van der Waals surface area (Å²) in [7, 11) is 0. The van der Waals surface area contributed by atoms with Gasteiger partial charge in [-0.05, 0) is 6.92 Å². The first-order chi connectivity index (χ1) is 11.4. The molecule has 0 bridgehead atoms. The summed E-state index contributed by atoms with van der Waals surface area (Å²) in [6, 6.07) is 0. The molecule has 0 atom stereocenters. The molecule has 0 spiro atoms. The normalized spacial score (nSPS) is 14.4. The molecule has 0 aliphatic carbocycles. The van der Waals surface area contributed by atoms with Crippen molar-refractivity contribution in [2.45, 2.75) is 26.1 Å². The highest BCUT2D eigenvalue weighted by Crippen LogP contribution is 2.30. The quantitative estimate of drug-likeness (QED) is 0.859. The molecule has 3 heterocycles. The van der Waals surface area contributed by atoms with Gasteiger partial charge in [-0.15, -0.1) is 0 Å². The molecule has 0 saturated heterocycles. The highest BCUT2D eigenvalue weighted by Gasteiger charge is 2.37. The Morgan fingerprint density at radius 2 is 2.21 bits per heavy atom. The number of aromatic amines is 1. The van der Waals surface area contributed by atoms with Gasteiger partial charge in [-0.25, -0.2) is 14.8 Å². The van der Waals surface area contributed by atoms with E-state index in [4.69, 9.17) is 4.74 Å². The van der Waals surface area contributed by atoms with Crippen LogP contribution in [0.25, 0.3) is 0 Å². The number of nitrogens with one attached hydrogen (secondary N) is 1. The summed E-state index contributed by atoms with van der Waals surface area (Å²) in [6.07, 6.45) is -1.66. The van der Waals surface area contributed by atoms with Crippen LogP contribution in [-0.2, 0) is 23.9 Å². The van der Waals surface area contributed by atoms with Gasteiger partial charge in [0.05, 0.1) is 12.8 Å². The molecule has 0 fully saturated rings. The second-order valence-corrected chi connectivity index (χ2v) is 5.19. The number of hydrogen-bond donors (Lipinski definition) is 1. The molecule has 1 N–H and O–H groups in total. The van der Waals surface area contributed by atoms with Gasteiger partial charge in [0.1, 0.15) is 11.4 Å². The SMILES string of the molecule is CCOC(=O)c1cnc(C(F)(F)F)nc1N1CCc2[nH]ncc2C1. The zero-order valence-electron chi connectivity index (χ0n) is 12.7. The Morgan fingerprint density at radius 3 is 2.92 bits per heavy atom. The third-order valence-electron chi connectivity index (χ3n) is 3.62. The molecule has 3 rings (SSSR count). The number of carbonyl (C=O) groups excluding carboxylic acids is 1. The van der Waals surface area contributed by atoms with Crippen molar-refractivity contribution in [1.29, 1.82) is 0 Å². The van der Waals surface area contributed by atoms with E-state index in [2.05, 4.69) is 20.2 Å². The van der Waals surface area contributed by atoms with Gasteiger partial charge in [-0.2, -0.15) is 18.3 Å². The molecule has 1 aliphatic heterocycles. The molecule has 7 nitrogen and oxygen atoms in total. The van der Waals surface area contributed by atoms with E-state index in [1.165, 1.54) is 0 Å². The van der Waals surface area contributed by atoms with Crippen LogP contribution in [0.3, 0.4) is 0 Å². The Kier molecular flexibility index (Phi) is 4.12. The maximum atomic E-state index is 12.9. The van der Waals surface area contributed by atoms with E-state index in [0.29, 0.717) is 19.5 Å². The summed E-state index contributed by atoms with van der Waals surface area (Å²) in [5.74, 6) is -2.12. The summed E-state index contributed by atoms with van der Waals surface area (Å²) < 4.78 is 43.7. The lowest BCUT2D eigenvalue weighted by molar-refractivity contribution is -0.144. The van der Waals surface area contributed by atoms with Crippen LogP contribution in [0.15, 0.2) is 12.4 Å². The van der Waals surface area contributed by atoms with Crippen molar-refractivity contribution in [2.75, 3.05) is 18.1 Å². The van der Waals surface area contributed by atoms with Crippen LogP contribution in [0, 0.1) is 0 Å². The lowest BCUT2D eigenvalue weighted by Gasteiger charge is -2.29. The largest absolute Gasteiger partial charge is 0.462 e. The lowest BCUT2D eigenvalue weighted by atomic mass is 10.1. The highest BCUT2D eigenvalue weighted by atomic mass is 19.4. The number of anilines is 1. The summed E-state index contributed by atoms with van der Waals surface area (Å²) >= 11 is 0. The number of H-pyrrole nitrogens is 1. The number of nitrogens with zero attached hydrogens (tertiary/aromatic N) is 4. The molecule has 0 amide bonds. The van der Waals surface area contributed by atoms with Gasteiger partial charge in [-0.1, -0.05) is 0 Å². The molecule has 0 aromatic carbocycles. The predicted octanol–water partition coefficient (Wildman–Crippen LogP) is 1.96. The van der Waals surface area contributed by atoms with Crippen molar-refractivity contribution in [3.05, 3.63) is 35.0 Å². The van der Waals surface area contributed by atoms with Crippen molar-refractivity contribution < 1.29 is 22.7 Å². The van der Waals surface area contributed by atoms with Gasteiger partial charge in [0, 0.05) is 37.0 Å². The number of rotatable bonds is 3. The molecular formula is C14H14F3N5O2. The Balaban J connectivity index is 2.01. The average Bonchev–Trinajstić information content (AvgIpc) is 3.01. The zero-order valence-corrected chi connectivity index (χ0v) is 12.7. The van der Waals surface area contributed by atoms with Crippen molar-refractivity contribution >= 4 is 11.8 Å². The van der Waals surface area contributed by atoms with Crippen LogP contribution in [0.4, 0.5) is 19.0 Å². The third kappa shape index (κ3) is 3.03. The monoisotopic (exact) mass is 341 g/mol. The van der Waals surface area contributed by atoms with Crippen LogP contribution >= 0.6 is 0 Å². The van der Waals surface area contributed by atoms with Crippen molar-refractivity contribution in [3.8, 4) is 0 Å². The minimum Gasteiger partial charge on any atom is -0.462 e. The number of halogens is 3. The zero-order chi connectivity index (χ0) is 17.3. The molecule has 24 heavy (non-hydrogen) atoms. The number of hydrogen-bond acceptors (Lipinski definition) is 6. The van der Waals surface area contributed by atoms with Gasteiger partial charge in [0.2, 0.25) is 5.82 Å². The van der Waals surface area contributed by atoms with Crippen LogP contribution in [-0.4, -0.2) is 39.3 Å². The fourth-order valence-corrected chi connectivity index (χ4v) is 2.51. The summed E-state index contributed by atoms with van der Waals surface area (Å²) in [5, 5.41) is 6.76. The number of alkyl halides is 3. The van der Waals surface area contributed by atoms with Crippen molar-refractivity contribution in [3.63, 3.8) is 0 Å². The van der Waals surface area contributed by atoms with Gasteiger partial charge in [-0.3, -0.25) is 5.10 Å². The van der Waals surface area contributed by atoms with Crippen LogP contribution in [0.1, 0.15) is 34.4 Å². The first kappa shape index (κ1) is 16.2. The molecule has 2 aromatic rings.